The zero-order valence-corrected chi connectivity index (χ0v) is 23.4. The number of carbonyl (C=O) groups is 2. The van der Waals surface area contributed by atoms with Gasteiger partial charge in [0, 0.05) is 29.6 Å². The summed E-state index contributed by atoms with van der Waals surface area (Å²) in [5, 5.41) is 2.97. The van der Waals surface area contributed by atoms with Gasteiger partial charge < -0.3 is 9.64 Å². The van der Waals surface area contributed by atoms with Gasteiger partial charge in [-0.15, -0.1) is 0 Å². The SMILES string of the molecule is COc1ccc(C(=O)N(CC(=O)Nc2nc(-c3ccc(C)cc3)cn2-c2ccc(C)cc2)Cc2ccccc2)cc1. The van der Waals surface area contributed by atoms with Crippen molar-refractivity contribution in [3.05, 3.63) is 132 Å². The van der Waals surface area contributed by atoms with E-state index in [1.54, 1.807) is 31.4 Å². The lowest BCUT2D eigenvalue weighted by molar-refractivity contribution is -0.117. The molecular formula is C34H32N4O3. The van der Waals surface area contributed by atoms with Crippen molar-refractivity contribution in [1.29, 1.82) is 0 Å². The van der Waals surface area contributed by atoms with Gasteiger partial charge in [0.1, 0.15) is 12.3 Å². The Bertz CT molecular complexity index is 1620. The number of nitrogens with one attached hydrogen (secondary N) is 1. The van der Waals surface area contributed by atoms with E-state index in [-0.39, 0.29) is 24.9 Å². The van der Waals surface area contributed by atoms with Crippen LogP contribution in [-0.4, -0.2) is 39.9 Å². The summed E-state index contributed by atoms with van der Waals surface area (Å²) in [7, 11) is 1.58. The van der Waals surface area contributed by atoms with Gasteiger partial charge in [0.25, 0.3) is 5.91 Å². The van der Waals surface area contributed by atoms with Crippen LogP contribution in [0.25, 0.3) is 16.9 Å². The van der Waals surface area contributed by atoms with Gasteiger partial charge >= 0.3 is 0 Å². The maximum absolute atomic E-state index is 13.6. The molecule has 206 valence electrons. The Kier molecular flexibility index (Phi) is 8.25. The van der Waals surface area contributed by atoms with Crippen LogP contribution < -0.4 is 10.1 Å². The normalized spacial score (nSPS) is 10.7. The van der Waals surface area contributed by atoms with Gasteiger partial charge in [0.05, 0.1) is 12.8 Å². The van der Waals surface area contributed by atoms with Crippen LogP contribution >= 0.6 is 0 Å². The summed E-state index contributed by atoms with van der Waals surface area (Å²) in [6.07, 6.45) is 1.91. The molecule has 2 amide bonds. The van der Waals surface area contributed by atoms with E-state index >= 15 is 0 Å². The molecule has 1 N–H and O–H groups in total. The average molecular weight is 545 g/mol. The molecule has 7 nitrogen and oxygen atoms in total. The predicted octanol–water partition coefficient (Wildman–Crippen LogP) is 6.45. The third kappa shape index (κ3) is 6.70. The van der Waals surface area contributed by atoms with Gasteiger partial charge in [-0.1, -0.05) is 77.9 Å². The van der Waals surface area contributed by atoms with E-state index in [1.807, 2.05) is 103 Å². The van der Waals surface area contributed by atoms with Gasteiger partial charge in [-0.3, -0.25) is 19.5 Å². The highest BCUT2D eigenvalue weighted by atomic mass is 16.5. The van der Waals surface area contributed by atoms with Crippen molar-refractivity contribution in [3.8, 4) is 22.7 Å². The number of methoxy groups -OCH3 is 1. The molecule has 0 fully saturated rings. The summed E-state index contributed by atoms with van der Waals surface area (Å²) in [5.74, 6) is 0.429. The lowest BCUT2D eigenvalue weighted by Gasteiger charge is -2.22. The molecule has 5 aromatic rings. The molecule has 1 heterocycles. The molecule has 41 heavy (non-hydrogen) atoms. The first-order chi connectivity index (χ1) is 19.9. The van der Waals surface area contributed by atoms with Crippen LogP contribution in [0.1, 0.15) is 27.0 Å². The number of nitrogens with zero attached hydrogens (tertiary/aromatic N) is 3. The Hall–Kier alpha value is -5.17. The first kappa shape index (κ1) is 27.4. The fourth-order valence-corrected chi connectivity index (χ4v) is 4.49. The highest BCUT2D eigenvalue weighted by Gasteiger charge is 2.21. The lowest BCUT2D eigenvalue weighted by Crippen LogP contribution is -2.38. The maximum atomic E-state index is 13.6. The number of hydrogen-bond donors (Lipinski definition) is 1. The number of ether oxygens (including phenoxy) is 1. The summed E-state index contributed by atoms with van der Waals surface area (Å²) in [5.41, 5.74) is 6.22. The van der Waals surface area contributed by atoms with Crippen LogP contribution in [0, 0.1) is 13.8 Å². The van der Waals surface area contributed by atoms with Crippen LogP contribution in [0.3, 0.4) is 0 Å². The fraction of sp³-hybridized carbons (Fsp3) is 0.147. The molecule has 0 aliphatic rings. The third-order valence-electron chi connectivity index (χ3n) is 6.79. The molecule has 5 rings (SSSR count). The highest BCUT2D eigenvalue weighted by molar-refractivity contribution is 5.99. The Morgan fingerprint density at radius 3 is 2.10 bits per heavy atom. The summed E-state index contributed by atoms with van der Waals surface area (Å²) in [6, 6.07) is 32.6. The molecule has 0 saturated heterocycles. The maximum Gasteiger partial charge on any atom is 0.254 e. The van der Waals surface area contributed by atoms with E-state index in [0.29, 0.717) is 17.3 Å². The van der Waals surface area contributed by atoms with Crippen molar-refractivity contribution >= 4 is 17.8 Å². The Morgan fingerprint density at radius 1 is 0.829 bits per heavy atom. The van der Waals surface area contributed by atoms with E-state index in [1.165, 1.54) is 4.90 Å². The van der Waals surface area contributed by atoms with Crippen molar-refractivity contribution in [1.82, 2.24) is 14.5 Å². The summed E-state index contributed by atoms with van der Waals surface area (Å²) in [4.78, 5) is 33.4. The molecule has 0 unspecified atom stereocenters. The van der Waals surface area contributed by atoms with Crippen molar-refractivity contribution in [2.24, 2.45) is 0 Å². The number of aromatic nitrogens is 2. The predicted molar refractivity (Wildman–Crippen MR) is 161 cm³/mol. The van der Waals surface area contributed by atoms with Gasteiger partial charge in [-0.25, -0.2) is 4.98 Å². The number of anilines is 1. The summed E-state index contributed by atoms with van der Waals surface area (Å²) in [6.45, 7) is 4.19. The highest BCUT2D eigenvalue weighted by Crippen LogP contribution is 2.25. The van der Waals surface area contributed by atoms with E-state index < -0.39 is 0 Å². The minimum Gasteiger partial charge on any atom is -0.497 e. The van der Waals surface area contributed by atoms with Crippen LogP contribution in [-0.2, 0) is 11.3 Å². The Labute approximate surface area is 240 Å². The Balaban J connectivity index is 1.43. The molecule has 7 heteroatoms. The third-order valence-corrected chi connectivity index (χ3v) is 6.79. The molecular weight excluding hydrogens is 512 g/mol. The molecule has 0 spiro atoms. The van der Waals surface area contributed by atoms with Gasteiger partial charge in [0.2, 0.25) is 11.9 Å². The molecule has 0 aliphatic heterocycles. The summed E-state index contributed by atoms with van der Waals surface area (Å²) < 4.78 is 7.09. The van der Waals surface area contributed by atoms with Gasteiger partial charge in [-0.05, 0) is 55.8 Å². The minimum atomic E-state index is -0.350. The smallest absolute Gasteiger partial charge is 0.254 e. The molecule has 1 aromatic heterocycles. The van der Waals surface area contributed by atoms with E-state index in [9.17, 15) is 9.59 Å². The molecule has 0 saturated carbocycles. The second kappa shape index (κ2) is 12.3. The first-order valence-corrected chi connectivity index (χ1v) is 13.4. The molecule has 0 atom stereocenters. The fourth-order valence-electron chi connectivity index (χ4n) is 4.49. The van der Waals surface area contributed by atoms with Crippen molar-refractivity contribution in [2.75, 3.05) is 19.0 Å². The second-order valence-electron chi connectivity index (χ2n) is 9.94. The minimum absolute atomic E-state index is 0.152. The largest absolute Gasteiger partial charge is 0.497 e. The van der Waals surface area contributed by atoms with Crippen molar-refractivity contribution in [2.45, 2.75) is 20.4 Å². The van der Waals surface area contributed by atoms with Crippen molar-refractivity contribution < 1.29 is 14.3 Å². The van der Waals surface area contributed by atoms with Crippen LogP contribution in [0.4, 0.5) is 5.95 Å². The van der Waals surface area contributed by atoms with Crippen LogP contribution in [0.5, 0.6) is 5.75 Å². The first-order valence-electron chi connectivity index (χ1n) is 13.4. The van der Waals surface area contributed by atoms with Crippen LogP contribution in [0.2, 0.25) is 0 Å². The molecule has 0 radical (unpaired) electrons. The molecule has 0 aliphatic carbocycles. The quantitative estimate of drug-likeness (QED) is 0.232. The van der Waals surface area contributed by atoms with E-state index in [4.69, 9.17) is 9.72 Å². The standard InChI is InChI=1S/C34H32N4O3/c1-24-9-13-27(14-10-24)31-22-38(29-17-11-25(2)12-18-29)34(35-31)36-32(39)23-37(21-26-7-5-4-6-8-26)33(40)28-15-19-30(41-3)20-16-28/h4-20,22H,21,23H2,1-3H3,(H,35,36,39). The topological polar surface area (TPSA) is 76.5 Å². The average Bonchev–Trinajstić information content (AvgIpc) is 3.41. The number of hydrogen-bond acceptors (Lipinski definition) is 4. The number of aryl methyl sites for hydroxylation is 2. The number of imidazole rings is 1. The second-order valence-corrected chi connectivity index (χ2v) is 9.94. The van der Waals surface area contributed by atoms with Crippen LogP contribution in [0.15, 0.2) is 109 Å². The monoisotopic (exact) mass is 544 g/mol. The lowest BCUT2D eigenvalue weighted by atomic mass is 10.1. The molecule has 0 bridgehead atoms. The van der Waals surface area contributed by atoms with Gasteiger partial charge in [-0.2, -0.15) is 0 Å². The Morgan fingerprint density at radius 2 is 1.46 bits per heavy atom. The van der Waals surface area contributed by atoms with E-state index in [0.717, 1.165) is 33.6 Å². The number of rotatable bonds is 9. The van der Waals surface area contributed by atoms with Gasteiger partial charge in [0.15, 0.2) is 0 Å². The number of amides is 2. The number of benzene rings is 4. The zero-order chi connectivity index (χ0) is 28.8. The molecule has 4 aromatic carbocycles. The number of carbonyl (C=O) groups excluding carboxylic acids is 2. The van der Waals surface area contributed by atoms with Crippen molar-refractivity contribution in [3.63, 3.8) is 0 Å². The summed E-state index contributed by atoms with van der Waals surface area (Å²) >= 11 is 0. The van der Waals surface area contributed by atoms with E-state index in [2.05, 4.69) is 5.32 Å². The zero-order valence-electron chi connectivity index (χ0n) is 23.4.